The van der Waals surface area contributed by atoms with Crippen molar-refractivity contribution >= 4 is 5.71 Å². The highest BCUT2D eigenvalue weighted by atomic mass is 16.3. The summed E-state index contributed by atoms with van der Waals surface area (Å²) in [5, 5.41) is 10.4. The molecule has 0 unspecified atom stereocenters. The zero-order valence-electron chi connectivity index (χ0n) is 9.70. The van der Waals surface area contributed by atoms with Crippen LogP contribution < -0.4 is 0 Å². The van der Waals surface area contributed by atoms with Crippen LogP contribution in [0.2, 0.25) is 0 Å². The summed E-state index contributed by atoms with van der Waals surface area (Å²) in [6.45, 7) is 3.97. The highest BCUT2D eigenvalue weighted by Gasteiger charge is 2.29. The summed E-state index contributed by atoms with van der Waals surface area (Å²) >= 11 is 0. The SMILES string of the molecule is CCC(O)(CC)C(=NC)c1ccccc1. The second-order valence-electron chi connectivity index (χ2n) is 3.68. The van der Waals surface area contributed by atoms with Gasteiger partial charge in [0.15, 0.2) is 0 Å². The lowest BCUT2D eigenvalue weighted by Gasteiger charge is -2.27. The first-order valence-corrected chi connectivity index (χ1v) is 5.43. The van der Waals surface area contributed by atoms with Gasteiger partial charge >= 0.3 is 0 Å². The Morgan fingerprint density at radius 3 is 2.13 bits per heavy atom. The first kappa shape index (κ1) is 11.9. The third-order valence-electron chi connectivity index (χ3n) is 2.88. The summed E-state index contributed by atoms with van der Waals surface area (Å²) in [5.41, 5.74) is 0.995. The van der Waals surface area contributed by atoms with Crippen molar-refractivity contribution in [2.45, 2.75) is 32.3 Å². The molecule has 0 amide bonds. The molecule has 0 fully saturated rings. The predicted molar refractivity (Wildman–Crippen MR) is 64.4 cm³/mol. The van der Waals surface area contributed by atoms with E-state index in [2.05, 4.69) is 4.99 Å². The van der Waals surface area contributed by atoms with Gasteiger partial charge in [-0.05, 0) is 18.4 Å². The maximum Gasteiger partial charge on any atom is 0.106 e. The highest BCUT2D eigenvalue weighted by molar-refractivity contribution is 6.06. The van der Waals surface area contributed by atoms with E-state index in [1.807, 2.05) is 44.2 Å². The minimum absolute atomic E-state index is 0.686. The maximum atomic E-state index is 10.4. The Morgan fingerprint density at radius 2 is 1.73 bits per heavy atom. The molecule has 0 radical (unpaired) electrons. The molecular weight excluding hydrogens is 186 g/mol. The normalized spacial score (nSPS) is 12.9. The van der Waals surface area contributed by atoms with Gasteiger partial charge in [-0.3, -0.25) is 4.99 Å². The molecule has 0 heterocycles. The molecule has 2 heteroatoms. The molecule has 0 bridgehead atoms. The van der Waals surface area contributed by atoms with E-state index in [9.17, 15) is 5.11 Å². The van der Waals surface area contributed by atoms with Crippen molar-refractivity contribution in [3.8, 4) is 0 Å². The van der Waals surface area contributed by atoms with E-state index in [0.29, 0.717) is 12.8 Å². The summed E-state index contributed by atoms with van der Waals surface area (Å²) in [6.07, 6.45) is 1.37. The van der Waals surface area contributed by atoms with E-state index < -0.39 is 5.60 Å². The molecule has 0 spiro atoms. The van der Waals surface area contributed by atoms with Crippen molar-refractivity contribution in [3.63, 3.8) is 0 Å². The van der Waals surface area contributed by atoms with Crippen LogP contribution >= 0.6 is 0 Å². The molecule has 1 aromatic carbocycles. The number of benzene rings is 1. The minimum atomic E-state index is -0.796. The van der Waals surface area contributed by atoms with Gasteiger partial charge in [0.1, 0.15) is 5.60 Å². The summed E-state index contributed by atoms with van der Waals surface area (Å²) in [7, 11) is 1.73. The molecule has 15 heavy (non-hydrogen) atoms. The molecule has 0 saturated heterocycles. The van der Waals surface area contributed by atoms with Gasteiger partial charge in [0.2, 0.25) is 0 Å². The number of hydrogen-bond donors (Lipinski definition) is 1. The molecule has 2 nitrogen and oxygen atoms in total. The Kier molecular flexibility index (Phi) is 4.04. The summed E-state index contributed by atoms with van der Waals surface area (Å²) < 4.78 is 0. The zero-order chi connectivity index (χ0) is 11.3. The predicted octanol–water partition coefficient (Wildman–Crippen LogP) is 2.66. The standard InChI is InChI=1S/C13H19NO/c1-4-13(15,5-2)12(14-3)11-9-7-6-8-10-11/h6-10,15H,4-5H2,1-3H3. The average Bonchev–Trinajstić information content (AvgIpc) is 2.31. The lowest BCUT2D eigenvalue weighted by Crippen LogP contribution is -2.37. The Bertz CT molecular complexity index is 326. The van der Waals surface area contributed by atoms with Crippen molar-refractivity contribution in [1.29, 1.82) is 0 Å². The van der Waals surface area contributed by atoms with Crippen LogP contribution in [0.15, 0.2) is 35.3 Å². The van der Waals surface area contributed by atoms with Crippen LogP contribution in [0.5, 0.6) is 0 Å². The van der Waals surface area contributed by atoms with E-state index in [4.69, 9.17) is 0 Å². The number of nitrogens with zero attached hydrogens (tertiary/aromatic N) is 1. The average molecular weight is 205 g/mol. The molecule has 0 aliphatic carbocycles. The third-order valence-corrected chi connectivity index (χ3v) is 2.88. The van der Waals surface area contributed by atoms with Gasteiger partial charge in [-0.25, -0.2) is 0 Å². The van der Waals surface area contributed by atoms with Gasteiger partial charge < -0.3 is 5.11 Å². The Balaban J connectivity index is 3.11. The van der Waals surface area contributed by atoms with Crippen LogP contribution in [0.1, 0.15) is 32.3 Å². The monoisotopic (exact) mass is 205 g/mol. The lowest BCUT2D eigenvalue weighted by molar-refractivity contribution is 0.104. The summed E-state index contributed by atoms with van der Waals surface area (Å²) in [5.74, 6) is 0. The zero-order valence-corrected chi connectivity index (χ0v) is 9.70. The van der Waals surface area contributed by atoms with Crippen molar-refractivity contribution in [2.75, 3.05) is 7.05 Å². The Hall–Kier alpha value is -1.15. The Morgan fingerprint density at radius 1 is 1.20 bits per heavy atom. The smallest absolute Gasteiger partial charge is 0.106 e. The van der Waals surface area contributed by atoms with Gasteiger partial charge in [0.05, 0.1) is 5.71 Å². The van der Waals surface area contributed by atoms with Crippen LogP contribution in [-0.4, -0.2) is 23.5 Å². The van der Waals surface area contributed by atoms with Gasteiger partial charge in [-0.2, -0.15) is 0 Å². The second-order valence-corrected chi connectivity index (χ2v) is 3.68. The van der Waals surface area contributed by atoms with E-state index in [-0.39, 0.29) is 0 Å². The number of rotatable bonds is 4. The quantitative estimate of drug-likeness (QED) is 0.753. The molecule has 0 aromatic heterocycles. The molecule has 0 aliphatic rings. The van der Waals surface area contributed by atoms with Crippen molar-refractivity contribution < 1.29 is 5.11 Å². The largest absolute Gasteiger partial charge is 0.384 e. The van der Waals surface area contributed by atoms with Gasteiger partial charge in [0.25, 0.3) is 0 Å². The first-order valence-electron chi connectivity index (χ1n) is 5.43. The van der Waals surface area contributed by atoms with Gasteiger partial charge in [-0.1, -0.05) is 44.2 Å². The van der Waals surface area contributed by atoms with Crippen molar-refractivity contribution in [1.82, 2.24) is 0 Å². The number of hydrogen-bond acceptors (Lipinski definition) is 2. The van der Waals surface area contributed by atoms with Crippen LogP contribution in [0.4, 0.5) is 0 Å². The van der Waals surface area contributed by atoms with Gasteiger partial charge in [0, 0.05) is 7.05 Å². The Labute approximate surface area is 91.7 Å². The van der Waals surface area contributed by atoms with Crippen LogP contribution in [-0.2, 0) is 0 Å². The van der Waals surface area contributed by atoms with E-state index in [1.165, 1.54) is 0 Å². The van der Waals surface area contributed by atoms with Crippen LogP contribution in [0, 0.1) is 0 Å². The molecular formula is C13H19NO. The summed E-state index contributed by atoms with van der Waals surface area (Å²) in [6, 6.07) is 9.86. The van der Waals surface area contributed by atoms with Gasteiger partial charge in [-0.15, -0.1) is 0 Å². The van der Waals surface area contributed by atoms with Crippen molar-refractivity contribution in [2.24, 2.45) is 4.99 Å². The van der Waals surface area contributed by atoms with Crippen LogP contribution in [0.25, 0.3) is 0 Å². The third kappa shape index (κ3) is 2.45. The fourth-order valence-corrected chi connectivity index (χ4v) is 1.79. The molecule has 82 valence electrons. The molecule has 0 aliphatic heterocycles. The lowest BCUT2D eigenvalue weighted by atomic mass is 9.87. The molecule has 0 atom stereocenters. The van der Waals surface area contributed by atoms with Crippen molar-refractivity contribution in [3.05, 3.63) is 35.9 Å². The second kappa shape index (κ2) is 5.08. The topological polar surface area (TPSA) is 32.6 Å². The molecule has 1 aromatic rings. The molecule has 0 saturated carbocycles. The highest BCUT2D eigenvalue weighted by Crippen LogP contribution is 2.21. The number of aliphatic hydroxyl groups is 1. The molecule has 1 N–H and O–H groups in total. The minimum Gasteiger partial charge on any atom is -0.384 e. The van der Waals surface area contributed by atoms with E-state index in [1.54, 1.807) is 7.05 Å². The maximum absolute atomic E-state index is 10.4. The summed E-state index contributed by atoms with van der Waals surface area (Å²) in [4.78, 5) is 4.24. The fourth-order valence-electron chi connectivity index (χ4n) is 1.79. The van der Waals surface area contributed by atoms with Crippen LogP contribution in [0.3, 0.4) is 0 Å². The number of aliphatic imine (C=N–C) groups is 1. The first-order chi connectivity index (χ1) is 7.18. The van der Waals surface area contributed by atoms with E-state index in [0.717, 1.165) is 11.3 Å². The molecule has 1 rings (SSSR count). The fraction of sp³-hybridized carbons (Fsp3) is 0.462. The van der Waals surface area contributed by atoms with E-state index >= 15 is 0 Å².